The van der Waals surface area contributed by atoms with E-state index in [-0.39, 0.29) is 17.9 Å². The fraction of sp³-hybridized carbons (Fsp3) is 0.526. The van der Waals surface area contributed by atoms with Crippen LogP contribution in [-0.2, 0) is 9.53 Å². The molecule has 1 amide bonds. The lowest BCUT2D eigenvalue weighted by Gasteiger charge is -2.37. The Balaban J connectivity index is 1.68. The number of nitrogens with one attached hydrogen (secondary N) is 2. The van der Waals surface area contributed by atoms with Crippen molar-refractivity contribution in [3.05, 3.63) is 18.3 Å². The van der Waals surface area contributed by atoms with Gasteiger partial charge in [-0.3, -0.25) is 15.5 Å². The highest BCUT2D eigenvalue weighted by Gasteiger charge is 2.34. The van der Waals surface area contributed by atoms with Crippen LogP contribution >= 0.6 is 22.6 Å². The molecule has 0 spiro atoms. The Bertz CT molecular complexity index is 852. The number of hydrogen-bond donors (Lipinski definition) is 3. The number of carbonyl (C=O) groups excluding carboxylic acids is 2. The zero-order valence-corrected chi connectivity index (χ0v) is 19.2. The molecule has 31 heavy (non-hydrogen) atoms. The molecule has 4 N–H and O–H groups in total. The molecule has 0 atom stereocenters. The number of carbonyl (C=O) groups is 2. The van der Waals surface area contributed by atoms with Crippen molar-refractivity contribution < 1.29 is 28.8 Å². The van der Waals surface area contributed by atoms with Gasteiger partial charge in [0.05, 0.1) is 25.9 Å². The molecule has 12 heteroatoms. The third-order valence-electron chi connectivity index (χ3n) is 5.01. The van der Waals surface area contributed by atoms with Crippen molar-refractivity contribution in [2.75, 3.05) is 25.5 Å². The number of nitrogens with two attached hydrogens (primary N) is 1. The van der Waals surface area contributed by atoms with Gasteiger partial charge >= 0.3 is 12.0 Å². The molecule has 1 saturated heterocycles. The topological polar surface area (TPSA) is 134 Å². The van der Waals surface area contributed by atoms with E-state index in [4.69, 9.17) is 10.1 Å². The van der Waals surface area contributed by atoms with Crippen LogP contribution in [0.5, 0.6) is 5.88 Å². The lowest BCUT2D eigenvalue weighted by Crippen LogP contribution is -2.72. The number of amides is 1. The van der Waals surface area contributed by atoms with E-state index in [0.29, 0.717) is 62.7 Å². The average molecular weight is 547 g/mol. The highest BCUT2D eigenvalue weighted by molar-refractivity contribution is 14.1. The molecule has 3 rings (SSSR count). The summed E-state index contributed by atoms with van der Waals surface area (Å²) in [6, 6.07) is 1.77. The highest BCUT2D eigenvalue weighted by atomic mass is 127. The van der Waals surface area contributed by atoms with Crippen LogP contribution in [0.25, 0.3) is 0 Å². The molecule has 0 aromatic carbocycles. The van der Waals surface area contributed by atoms with Gasteiger partial charge in [0.25, 0.3) is 0 Å². The molecular weight excluding hydrogens is 522 g/mol. The summed E-state index contributed by atoms with van der Waals surface area (Å²) < 4.78 is 23.5. The van der Waals surface area contributed by atoms with Gasteiger partial charge < -0.3 is 19.7 Å². The number of alkyl halides is 2. The SMILES string of the molecule is COC(=O)N1CC(Oc2cc(NC3CCC(F)(I)CC3)nc([NH2+]C=CC(=N)C=O)n2)C1. The number of aromatic nitrogens is 2. The number of anilines is 1. The Kier molecular flexibility index (Phi) is 7.75. The largest absolute Gasteiger partial charge is 0.470 e. The average Bonchev–Trinajstić information content (AvgIpc) is 2.71. The highest BCUT2D eigenvalue weighted by Crippen LogP contribution is 2.38. The minimum absolute atomic E-state index is 0.0894. The van der Waals surface area contributed by atoms with Gasteiger partial charge in [-0.2, -0.15) is 4.98 Å². The number of aldehydes is 1. The fourth-order valence-corrected chi connectivity index (χ4v) is 3.91. The van der Waals surface area contributed by atoms with E-state index >= 15 is 0 Å². The summed E-state index contributed by atoms with van der Waals surface area (Å²) in [5.74, 6) is 1.22. The molecule has 2 heterocycles. The van der Waals surface area contributed by atoms with E-state index < -0.39 is 9.77 Å². The lowest BCUT2D eigenvalue weighted by molar-refractivity contribution is -0.504. The van der Waals surface area contributed by atoms with Crippen LogP contribution in [0.2, 0.25) is 0 Å². The van der Waals surface area contributed by atoms with E-state index in [1.54, 1.807) is 11.4 Å². The van der Waals surface area contributed by atoms with E-state index in [9.17, 15) is 14.0 Å². The maximum atomic E-state index is 14.1. The third kappa shape index (κ3) is 6.82. The van der Waals surface area contributed by atoms with Crippen LogP contribution in [0.1, 0.15) is 25.7 Å². The number of likely N-dealkylation sites (tertiary alicyclic amines) is 1. The molecule has 1 saturated carbocycles. The van der Waals surface area contributed by atoms with Crippen LogP contribution in [0.15, 0.2) is 18.3 Å². The molecule has 10 nitrogen and oxygen atoms in total. The zero-order valence-electron chi connectivity index (χ0n) is 17.0. The molecule has 1 aliphatic heterocycles. The minimum atomic E-state index is -1.15. The maximum Gasteiger partial charge on any atom is 0.409 e. The standard InChI is InChI=1S/C19H24FIN6O4/c1-30-18(29)27-9-14(10-27)31-16-8-15(24-13-2-5-19(20,21)6-3-13)25-17(26-16)23-7-4-12(22)11-28/h4,7-8,11,13-14,22H,2-3,5-6,9-10H2,1H3,(H2,23,24,25,26)/p+1. The molecule has 0 unspecified atom stereocenters. The van der Waals surface area contributed by atoms with Crippen molar-refractivity contribution >= 4 is 52.4 Å². The summed E-state index contributed by atoms with van der Waals surface area (Å²) in [5.41, 5.74) is -0.171. The second-order valence-electron chi connectivity index (χ2n) is 7.44. The Labute approximate surface area is 192 Å². The number of hydrogen-bond acceptors (Lipinski definition) is 8. The number of rotatable bonds is 8. The number of allylic oxidation sites excluding steroid dienone is 1. The van der Waals surface area contributed by atoms with Crippen molar-refractivity contribution in [3.8, 4) is 5.88 Å². The Morgan fingerprint density at radius 2 is 2.13 bits per heavy atom. The van der Waals surface area contributed by atoms with Gasteiger partial charge in [0, 0.05) is 18.2 Å². The van der Waals surface area contributed by atoms with Gasteiger partial charge in [-0.15, -0.1) is 4.98 Å². The monoisotopic (exact) mass is 547 g/mol. The maximum absolute atomic E-state index is 14.1. The van der Waals surface area contributed by atoms with Crippen LogP contribution in [0.3, 0.4) is 0 Å². The van der Waals surface area contributed by atoms with Gasteiger partial charge in [0.15, 0.2) is 9.96 Å². The van der Waals surface area contributed by atoms with E-state index in [1.807, 2.05) is 22.6 Å². The van der Waals surface area contributed by atoms with Crippen molar-refractivity contribution in [3.63, 3.8) is 0 Å². The predicted octanol–water partition coefficient (Wildman–Crippen LogP) is 1.69. The minimum Gasteiger partial charge on any atom is -0.470 e. The molecule has 1 aromatic heterocycles. The molecule has 0 radical (unpaired) electrons. The van der Waals surface area contributed by atoms with E-state index in [0.717, 1.165) is 0 Å². The van der Waals surface area contributed by atoms with Crippen molar-refractivity contribution in [2.24, 2.45) is 0 Å². The Morgan fingerprint density at radius 3 is 2.77 bits per heavy atom. The van der Waals surface area contributed by atoms with E-state index in [1.165, 1.54) is 24.3 Å². The van der Waals surface area contributed by atoms with Crippen LogP contribution < -0.4 is 15.4 Å². The quantitative estimate of drug-likeness (QED) is 0.195. The molecule has 2 aliphatic rings. The number of quaternary nitrogens is 1. The Morgan fingerprint density at radius 1 is 1.42 bits per heavy atom. The summed E-state index contributed by atoms with van der Waals surface area (Å²) in [4.78, 5) is 32.4. The van der Waals surface area contributed by atoms with Gasteiger partial charge in [-0.25, -0.2) is 9.18 Å². The number of nitrogens with zero attached hydrogens (tertiary/aromatic N) is 3. The summed E-state index contributed by atoms with van der Waals surface area (Å²) in [6.07, 6.45) is 4.98. The lowest BCUT2D eigenvalue weighted by atomic mass is 9.94. The third-order valence-corrected chi connectivity index (χ3v) is 6.08. The predicted molar refractivity (Wildman–Crippen MR) is 119 cm³/mol. The first-order valence-corrected chi connectivity index (χ1v) is 10.9. The first-order chi connectivity index (χ1) is 14.8. The van der Waals surface area contributed by atoms with Crippen molar-refractivity contribution in [1.29, 1.82) is 5.41 Å². The Hall–Kier alpha value is -2.35. The van der Waals surface area contributed by atoms with Gasteiger partial charge in [0.2, 0.25) is 5.88 Å². The first-order valence-electron chi connectivity index (χ1n) is 9.86. The molecule has 0 bridgehead atoms. The van der Waals surface area contributed by atoms with Crippen molar-refractivity contribution in [2.45, 2.75) is 41.5 Å². The second-order valence-corrected chi connectivity index (χ2v) is 9.37. The molecule has 168 valence electrons. The van der Waals surface area contributed by atoms with Crippen LogP contribution in [-0.4, -0.2) is 69.0 Å². The number of ether oxygens (including phenoxy) is 2. The number of methoxy groups -OCH3 is 1. The fourth-order valence-electron chi connectivity index (χ4n) is 3.28. The van der Waals surface area contributed by atoms with Gasteiger partial charge in [-0.1, -0.05) is 0 Å². The van der Waals surface area contributed by atoms with Gasteiger partial charge in [0.1, 0.15) is 18.1 Å². The second kappa shape index (κ2) is 10.3. The summed E-state index contributed by atoms with van der Waals surface area (Å²) in [6.45, 7) is 0.789. The first kappa shape index (κ1) is 23.3. The summed E-state index contributed by atoms with van der Waals surface area (Å²) in [5, 5.41) is 12.3. The zero-order chi connectivity index (χ0) is 22.4. The van der Waals surface area contributed by atoms with Crippen LogP contribution in [0.4, 0.5) is 21.0 Å². The molecule has 2 fully saturated rings. The molecule has 1 aromatic rings. The van der Waals surface area contributed by atoms with Gasteiger partial charge in [-0.05, 0) is 48.3 Å². The van der Waals surface area contributed by atoms with Crippen LogP contribution in [0, 0.1) is 5.41 Å². The summed E-state index contributed by atoms with van der Waals surface area (Å²) >= 11 is 1.87. The molecular formula is C19H25FIN6O4+. The summed E-state index contributed by atoms with van der Waals surface area (Å²) in [7, 11) is 1.33. The molecule has 1 aliphatic carbocycles. The normalized spacial score (nSPS) is 23.8. The van der Waals surface area contributed by atoms with E-state index in [2.05, 4.69) is 20.0 Å². The van der Waals surface area contributed by atoms with Crippen molar-refractivity contribution in [1.82, 2.24) is 14.9 Å². The smallest absolute Gasteiger partial charge is 0.409 e. The number of halogens is 2.